The molecule has 2 fully saturated rings. The van der Waals surface area contributed by atoms with E-state index in [1.165, 1.54) is 6.08 Å². The largest absolute Gasteiger partial charge is 0.348 e. The van der Waals surface area contributed by atoms with Gasteiger partial charge in [-0.2, -0.15) is 0 Å². The lowest BCUT2D eigenvalue weighted by atomic mass is 9.98. The van der Waals surface area contributed by atoms with Gasteiger partial charge in [0.2, 0.25) is 5.91 Å². The minimum Gasteiger partial charge on any atom is -0.348 e. The molecular weight excluding hydrogens is 288 g/mol. The molecule has 5 amide bonds. The molecule has 3 N–H and O–H groups in total. The van der Waals surface area contributed by atoms with Crippen molar-refractivity contribution in [3.8, 4) is 0 Å². The van der Waals surface area contributed by atoms with Crippen molar-refractivity contribution in [1.82, 2.24) is 15.1 Å². The van der Waals surface area contributed by atoms with Gasteiger partial charge in [-0.3, -0.25) is 19.3 Å². The molecule has 1 aliphatic carbocycles. The molecule has 1 saturated carbocycles. The van der Waals surface area contributed by atoms with Crippen LogP contribution in [0.1, 0.15) is 25.7 Å². The highest BCUT2D eigenvalue weighted by Gasteiger charge is 2.45. The maximum atomic E-state index is 12.1. The number of urea groups is 1. The van der Waals surface area contributed by atoms with Gasteiger partial charge in [-0.05, 0) is 12.8 Å². The molecule has 22 heavy (non-hydrogen) atoms. The summed E-state index contributed by atoms with van der Waals surface area (Å²) in [5, 5.41) is 2.81. The second kappa shape index (κ2) is 6.27. The summed E-state index contributed by atoms with van der Waals surface area (Å²) >= 11 is 0. The monoisotopic (exact) mass is 308 g/mol. The molecule has 8 heteroatoms. The van der Waals surface area contributed by atoms with Crippen LogP contribution in [0.4, 0.5) is 4.79 Å². The Morgan fingerprint density at radius 3 is 2.36 bits per heavy atom. The van der Waals surface area contributed by atoms with Crippen LogP contribution >= 0.6 is 0 Å². The Hall–Kier alpha value is -2.22. The highest BCUT2D eigenvalue weighted by atomic mass is 16.2. The van der Waals surface area contributed by atoms with E-state index in [1.807, 2.05) is 0 Å². The SMILES string of the molecule is C=CCN1C(=O)C(=O)N(CC(=O)NC2(CN)CCCC2)C1=O. The number of nitrogens with two attached hydrogens (primary N) is 1. The highest BCUT2D eigenvalue weighted by molar-refractivity contribution is 6.45. The fourth-order valence-corrected chi connectivity index (χ4v) is 2.89. The Bertz CT molecular complexity index is 525. The van der Waals surface area contributed by atoms with Crippen molar-refractivity contribution in [2.24, 2.45) is 5.73 Å². The zero-order chi connectivity index (χ0) is 16.3. The summed E-state index contributed by atoms with van der Waals surface area (Å²) in [6.45, 7) is 3.20. The molecule has 0 spiro atoms. The maximum Gasteiger partial charge on any atom is 0.335 e. The van der Waals surface area contributed by atoms with E-state index >= 15 is 0 Å². The first-order valence-electron chi connectivity index (χ1n) is 7.23. The number of amides is 5. The van der Waals surface area contributed by atoms with E-state index in [-0.39, 0.29) is 6.54 Å². The van der Waals surface area contributed by atoms with E-state index in [4.69, 9.17) is 5.73 Å². The third-order valence-electron chi connectivity index (χ3n) is 4.10. The van der Waals surface area contributed by atoms with Crippen molar-refractivity contribution < 1.29 is 19.2 Å². The third kappa shape index (κ3) is 2.87. The van der Waals surface area contributed by atoms with E-state index in [9.17, 15) is 19.2 Å². The Morgan fingerprint density at radius 1 is 1.23 bits per heavy atom. The minimum atomic E-state index is -0.991. The molecule has 2 rings (SSSR count). The number of hydrogen-bond acceptors (Lipinski definition) is 5. The zero-order valence-electron chi connectivity index (χ0n) is 12.3. The van der Waals surface area contributed by atoms with Crippen LogP contribution in [-0.2, 0) is 14.4 Å². The van der Waals surface area contributed by atoms with Crippen LogP contribution in [0.25, 0.3) is 0 Å². The van der Waals surface area contributed by atoms with Crippen LogP contribution in [0.3, 0.4) is 0 Å². The predicted molar refractivity (Wildman–Crippen MR) is 77.4 cm³/mol. The van der Waals surface area contributed by atoms with Crippen molar-refractivity contribution in [2.45, 2.75) is 31.2 Å². The lowest BCUT2D eigenvalue weighted by Crippen LogP contribution is -2.54. The van der Waals surface area contributed by atoms with Gasteiger partial charge >= 0.3 is 17.8 Å². The number of carbonyl (C=O) groups is 4. The quantitative estimate of drug-likeness (QED) is 0.385. The summed E-state index contributed by atoms with van der Waals surface area (Å²) in [5.74, 6) is -2.41. The summed E-state index contributed by atoms with van der Waals surface area (Å²) in [6.07, 6.45) is 4.85. The molecule has 2 aliphatic rings. The molecule has 1 aliphatic heterocycles. The topological polar surface area (TPSA) is 113 Å². The van der Waals surface area contributed by atoms with Crippen LogP contribution in [0.2, 0.25) is 0 Å². The van der Waals surface area contributed by atoms with Crippen molar-refractivity contribution >= 4 is 23.8 Å². The normalized spacial score (nSPS) is 20.7. The van der Waals surface area contributed by atoms with Crippen LogP contribution in [0, 0.1) is 0 Å². The van der Waals surface area contributed by atoms with Gasteiger partial charge < -0.3 is 11.1 Å². The molecule has 0 aromatic heterocycles. The van der Waals surface area contributed by atoms with Gasteiger partial charge in [0.1, 0.15) is 6.54 Å². The molecule has 120 valence electrons. The molecule has 0 aromatic carbocycles. The van der Waals surface area contributed by atoms with Crippen LogP contribution in [0.5, 0.6) is 0 Å². The fraction of sp³-hybridized carbons (Fsp3) is 0.571. The zero-order valence-corrected chi connectivity index (χ0v) is 12.3. The molecule has 1 heterocycles. The van der Waals surface area contributed by atoms with Crippen molar-refractivity contribution in [2.75, 3.05) is 19.6 Å². The van der Waals surface area contributed by atoms with Crippen LogP contribution < -0.4 is 11.1 Å². The van der Waals surface area contributed by atoms with Crippen LogP contribution in [-0.4, -0.2) is 58.7 Å². The number of imide groups is 2. The lowest BCUT2D eigenvalue weighted by Gasteiger charge is -2.29. The van der Waals surface area contributed by atoms with Crippen LogP contribution in [0.15, 0.2) is 12.7 Å². The Morgan fingerprint density at radius 2 is 1.82 bits per heavy atom. The highest BCUT2D eigenvalue weighted by Crippen LogP contribution is 2.28. The Kier molecular flexibility index (Phi) is 4.60. The second-order valence-electron chi connectivity index (χ2n) is 5.62. The number of rotatable bonds is 6. The molecule has 0 aromatic rings. The van der Waals surface area contributed by atoms with E-state index < -0.39 is 35.8 Å². The van der Waals surface area contributed by atoms with Gasteiger partial charge in [-0.15, -0.1) is 6.58 Å². The summed E-state index contributed by atoms with van der Waals surface area (Å²) in [6, 6.07) is -0.793. The number of hydrogen-bond donors (Lipinski definition) is 2. The molecule has 0 unspecified atom stereocenters. The summed E-state index contributed by atoms with van der Waals surface area (Å²) in [5.41, 5.74) is 5.26. The standard InChI is InChI=1S/C14H20N4O4/c1-2-7-17-11(20)12(21)18(13(17)22)8-10(19)16-14(9-15)5-3-4-6-14/h2H,1,3-9,15H2,(H,16,19). The molecule has 8 nitrogen and oxygen atoms in total. The number of nitrogens with one attached hydrogen (secondary N) is 1. The Balaban J connectivity index is 2.02. The summed E-state index contributed by atoms with van der Waals surface area (Å²) in [7, 11) is 0. The van der Waals surface area contributed by atoms with Crippen molar-refractivity contribution in [1.29, 1.82) is 0 Å². The van der Waals surface area contributed by atoms with Gasteiger partial charge in [0.15, 0.2) is 0 Å². The molecule has 0 radical (unpaired) electrons. The summed E-state index contributed by atoms with van der Waals surface area (Å²) in [4.78, 5) is 49.0. The molecule has 0 atom stereocenters. The van der Waals surface area contributed by atoms with Gasteiger partial charge in [0, 0.05) is 13.1 Å². The molecule has 0 bridgehead atoms. The molecule has 1 saturated heterocycles. The van der Waals surface area contributed by atoms with Gasteiger partial charge in [-0.25, -0.2) is 9.69 Å². The summed E-state index contributed by atoms with van der Waals surface area (Å²) < 4.78 is 0. The van der Waals surface area contributed by atoms with E-state index in [0.717, 1.165) is 30.6 Å². The maximum absolute atomic E-state index is 12.1. The van der Waals surface area contributed by atoms with Gasteiger partial charge in [0.05, 0.1) is 5.54 Å². The van der Waals surface area contributed by atoms with Gasteiger partial charge in [0.25, 0.3) is 0 Å². The predicted octanol–water partition coefficient (Wildman–Crippen LogP) is -0.649. The number of nitrogens with zero attached hydrogens (tertiary/aromatic N) is 2. The minimum absolute atomic E-state index is 0.0612. The smallest absolute Gasteiger partial charge is 0.335 e. The average molecular weight is 308 g/mol. The van der Waals surface area contributed by atoms with E-state index in [0.29, 0.717) is 11.4 Å². The molecular formula is C14H20N4O4. The van der Waals surface area contributed by atoms with E-state index in [2.05, 4.69) is 11.9 Å². The van der Waals surface area contributed by atoms with Crippen molar-refractivity contribution in [3.05, 3.63) is 12.7 Å². The first-order valence-corrected chi connectivity index (χ1v) is 7.23. The fourth-order valence-electron chi connectivity index (χ4n) is 2.89. The van der Waals surface area contributed by atoms with E-state index in [1.54, 1.807) is 0 Å². The lowest BCUT2D eigenvalue weighted by molar-refractivity contribution is -0.143. The van der Waals surface area contributed by atoms with Crippen molar-refractivity contribution in [3.63, 3.8) is 0 Å². The van der Waals surface area contributed by atoms with Gasteiger partial charge in [-0.1, -0.05) is 18.9 Å². The second-order valence-corrected chi connectivity index (χ2v) is 5.62. The first-order chi connectivity index (χ1) is 10.4. The third-order valence-corrected chi connectivity index (χ3v) is 4.10. The number of carbonyl (C=O) groups excluding carboxylic acids is 4. The first kappa shape index (κ1) is 16.2. The Labute approximate surface area is 128 Å². The average Bonchev–Trinajstić information content (AvgIpc) is 3.03.